The molecular formula is C20H20ClNO5. The number of halogens is 1. The summed E-state index contributed by atoms with van der Waals surface area (Å²) >= 11 is 5.84. The number of ether oxygens (including phenoxy) is 2. The summed E-state index contributed by atoms with van der Waals surface area (Å²) in [5.41, 5.74) is 0.836. The molecule has 0 aromatic heterocycles. The molecule has 6 nitrogen and oxygen atoms in total. The van der Waals surface area contributed by atoms with Gasteiger partial charge < -0.3 is 19.5 Å². The Balaban J connectivity index is 1.54. The second kappa shape index (κ2) is 8.77. The predicted molar refractivity (Wildman–Crippen MR) is 100 cm³/mol. The molecular weight excluding hydrogens is 370 g/mol. The van der Waals surface area contributed by atoms with Gasteiger partial charge >= 0.3 is 5.97 Å². The molecule has 1 heterocycles. The minimum Gasteiger partial charge on any atom is -0.490 e. The van der Waals surface area contributed by atoms with E-state index in [0.717, 1.165) is 5.56 Å². The summed E-state index contributed by atoms with van der Waals surface area (Å²) in [5.74, 6) is -0.362. The number of hydrogen-bond acceptors (Lipinski definition) is 4. The first-order valence-electron chi connectivity index (χ1n) is 8.62. The molecule has 27 heavy (non-hydrogen) atoms. The molecule has 0 saturated carbocycles. The van der Waals surface area contributed by atoms with Crippen LogP contribution in [0.5, 0.6) is 11.5 Å². The Hall–Kier alpha value is -2.73. The van der Waals surface area contributed by atoms with Crippen LogP contribution in [0.4, 0.5) is 0 Å². The molecule has 0 spiro atoms. The van der Waals surface area contributed by atoms with Crippen LogP contribution in [-0.4, -0.2) is 41.6 Å². The lowest BCUT2D eigenvalue weighted by atomic mass is 10.1. The van der Waals surface area contributed by atoms with Crippen molar-refractivity contribution in [2.75, 3.05) is 19.8 Å². The highest BCUT2D eigenvalue weighted by atomic mass is 35.5. The van der Waals surface area contributed by atoms with Crippen molar-refractivity contribution in [1.82, 2.24) is 4.90 Å². The number of carbonyl (C=O) groups excluding carboxylic acids is 1. The van der Waals surface area contributed by atoms with E-state index in [0.29, 0.717) is 36.3 Å². The van der Waals surface area contributed by atoms with Gasteiger partial charge in [0.1, 0.15) is 24.7 Å². The predicted octanol–water partition coefficient (Wildman–Crippen LogP) is 3.23. The molecule has 142 valence electrons. The van der Waals surface area contributed by atoms with Gasteiger partial charge in [0.15, 0.2) is 0 Å². The fourth-order valence-corrected chi connectivity index (χ4v) is 3.04. The molecule has 7 heteroatoms. The van der Waals surface area contributed by atoms with Crippen molar-refractivity contribution in [3.63, 3.8) is 0 Å². The van der Waals surface area contributed by atoms with Gasteiger partial charge in [0.2, 0.25) is 5.91 Å². The number of aliphatic carboxylic acids is 1. The summed E-state index contributed by atoms with van der Waals surface area (Å²) in [7, 11) is 0. The first-order chi connectivity index (χ1) is 13.0. The summed E-state index contributed by atoms with van der Waals surface area (Å²) in [4.78, 5) is 24.7. The summed E-state index contributed by atoms with van der Waals surface area (Å²) in [6, 6.07) is 14.5. The van der Waals surface area contributed by atoms with Crippen LogP contribution < -0.4 is 9.47 Å². The molecule has 2 aromatic rings. The van der Waals surface area contributed by atoms with Crippen molar-refractivity contribution in [3.8, 4) is 11.5 Å². The number of benzene rings is 2. The number of nitrogens with zero attached hydrogens (tertiary/aromatic N) is 1. The highest BCUT2D eigenvalue weighted by molar-refractivity contribution is 6.30. The molecule has 1 aliphatic rings. The van der Waals surface area contributed by atoms with E-state index in [1.807, 2.05) is 24.3 Å². The van der Waals surface area contributed by atoms with Crippen LogP contribution in [0.1, 0.15) is 12.0 Å². The van der Waals surface area contributed by atoms with E-state index in [1.165, 1.54) is 0 Å². The molecule has 0 radical (unpaired) electrons. The van der Waals surface area contributed by atoms with Crippen molar-refractivity contribution in [2.45, 2.75) is 13.0 Å². The zero-order valence-electron chi connectivity index (χ0n) is 14.6. The fraction of sp³-hybridized carbons (Fsp3) is 0.300. The molecule has 1 N–H and O–H groups in total. The number of carbonyl (C=O) groups is 2. The van der Waals surface area contributed by atoms with E-state index in [2.05, 4.69) is 0 Å². The molecule has 1 unspecified atom stereocenters. The Labute approximate surface area is 162 Å². The first-order valence-corrected chi connectivity index (χ1v) is 9.00. The van der Waals surface area contributed by atoms with Crippen molar-refractivity contribution < 1.29 is 24.2 Å². The number of hydrogen-bond donors (Lipinski definition) is 1. The molecule has 1 saturated heterocycles. The number of likely N-dealkylation sites (tertiary alicyclic amines) is 1. The van der Waals surface area contributed by atoms with E-state index in [9.17, 15) is 9.59 Å². The van der Waals surface area contributed by atoms with Crippen molar-refractivity contribution >= 4 is 23.5 Å². The number of para-hydroxylation sites is 1. The summed E-state index contributed by atoms with van der Waals surface area (Å²) < 4.78 is 11.4. The maximum Gasteiger partial charge on any atom is 0.308 e. The van der Waals surface area contributed by atoms with E-state index >= 15 is 0 Å². The van der Waals surface area contributed by atoms with Crippen LogP contribution in [-0.2, 0) is 16.1 Å². The van der Waals surface area contributed by atoms with Gasteiger partial charge in [-0.25, -0.2) is 0 Å². The summed E-state index contributed by atoms with van der Waals surface area (Å²) in [5, 5.41) is 9.74. The van der Waals surface area contributed by atoms with E-state index < -0.39 is 11.9 Å². The maximum atomic E-state index is 12.0. The van der Waals surface area contributed by atoms with Gasteiger partial charge in [-0.2, -0.15) is 0 Å². The summed E-state index contributed by atoms with van der Waals surface area (Å²) in [6.45, 7) is 1.25. The Bertz CT molecular complexity index is 808. The third kappa shape index (κ3) is 5.14. The Kier molecular flexibility index (Phi) is 6.19. The van der Waals surface area contributed by atoms with Crippen molar-refractivity contribution in [3.05, 3.63) is 59.1 Å². The normalized spacial score (nSPS) is 16.4. The minimum absolute atomic E-state index is 0.0489. The fourth-order valence-electron chi connectivity index (χ4n) is 2.91. The van der Waals surface area contributed by atoms with E-state index in [1.54, 1.807) is 29.2 Å². The standard InChI is InChI=1S/C20H20ClNO5/c21-16-5-7-17(8-6-16)26-9-10-27-18-4-2-1-3-14(18)12-22-13-15(20(24)25)11-19(22)23/h1-8,15H,9-13H2,(H,24,25). The third-order valence-electron chi connectivity index (χ3n) is 4.32. The lowest BCUT2D eigenvalue weighted by molar-refractivity contribution is -0.141. The molecule has 0 bridgehead atoms. The van der Waals surface area contributed by atoms with Crippen LogP contribution in [0.25, 0.3) is 0 Å². The van der Waals surface area contributed by atoms with Crippen LogP contribution >= 0.6 is 11.6 Å². The van der Waals surface area contributed by atoms with Crippen LogP contribution in [0.3, 0.4) is 0 Å². The SMILES string of the molecule is O=C(O)C1CC(=O)N(Cc2ccccc2OCCOc2ccc(Cl)cc2)C1. The third-order valence-corrected chi connectivity index (χ3v) is 4.57. The lowest BCUT2D eigenvalue weighted by Gasteiger charge is -2.18. The number of carboxylic acids is 1. The minimum atomic E-state index is -0.935. The number of rotatable bonds is 8. The quantitative estimate of drug-likeness (QED) is 0.701. The Morgan fingerprint density at radius 2 is 1.81 bits per heavy atom. The van der Waals surface area contributed by atoms with Gasteiger partial charge in [0, 0.05) is 30.1 Å². The van der Waals surface area contributed by atoms with Crippen molar-refractivity contribution in [1.29, 1.82) is 0 Å². The largest absolute Gasteiger partial charge is 0.490 e. The van der Waals surface area contributed by atoms with Crippen molar-refractivity contribution in [2.24, 2.45) is 5.92 Å². The van der Waals surface area contributed by atoms with E-state index in [-0.39, 0.29) is 18.9 Å². The molecule has 1 atom stereocenters. The second-order valence-corrected chi connectivity index (χ2v) is 6.71. The summed E-state index contributed by atoms with van der Waals surface area (Å²) in [6.07, 6.45) is 0.0489. The molecule has 1 aliphatic heterocycles. The topological polar surface area (TPSA) is 76.1 Å². The Morgan fingerprint density at radius 1 is 1.11 bits per heavy atom. The average Bonchev–Trinajstić information content (AvgIpc) is 3.02. The van der Waals surface area contributed by atoms with Gasteiger partial charge in [-0.05, 0) is 30.3 Å². The van der Waals surface area contributed by atoms with Crippen LogP contribution in [0.15, 0.2) is 48.5 Å². The average molecular weight is 390 g/mol. The Morgan fingerprint density at radius 3 is 2.52 bits per heavy atom. The van der Waals surface area contributed by atoms with Gasteiger partial charge in [0.25, 0.3) is 0 Å². The highest BCUT2D eigenvalue weighted by Gasteiger charge is 2.34. The molecule has 0 aliphatic carbocycles. The monoisotopic (exact) mass is 389 g/mol. The highest BCUT2D eigenvalue weighted by Crippen LogP contribution is 2.25. The second-order valence-electron chi connectivity index (χ2n) is 6.27. The maximum absolute atomic E-state index is 12.0. The zero-order valence-corrected chi connectivity index (χ0v) is 15.4. The molecule has 1 fully saturated rings. The molecule has 1 amide bonds. The van der Waals surface area contributed by atoms with Gasteiger partial charge in [-0.15, -0.1) is 0 Å². The van der Waals surface area contributed by atoms with Crippen LogP contribution in [0, 0.1) is 5.92 Å². The smallest absolute Gasteiger partial charge is 0.308 e. The molecule has 3 rings (SSSR count). The molecule has 2 aromatic carbocycles. The number of amides is 1. The van der Waals surface area contributed by atoms with Gasteiger partial charge in [-0.3, -0.25) is 9.59 Å². The first kappa shape index (κ1) is 19.0. The zero-order chi connectivity index (χ0) is 19.2. The lowest BCUT2D eigenvalue weighted by Crippen LogP contribution is -2.26. The van der Waals surface area contributed by atoms with Gasteiger partial charge in [0.05, 0.1) is 5.92 Å². The number of carboxylic acid groups (broad SMARTS) is 1. The van der Waals surface area contributed by atoms with E-state index in [4.69, 9.17) is 26.2 Å². The van der Waals surface area contributed by atoms with Gasteiger partial charge in [-0.1, -0.05) is 29.8 Å². The van der Waals surface area contributed by atoms with Crippen LogP contribution in [0.2, 0.25) is 5.02 Å².